The quantitative estimate of drug-likeness (QED) is 0.697. The molecule has 1 amide bonds. The zero-order chi connectivity index (χ0) is 21.1. The molecular formula is C18H18ClF3N2O3S. The molecule has 2 N–H and O–H groups in total. The second-order valence-corrected chi connectivity index (χ2v) is 8.12. The molecule has 0 atom stereocenters. The summed E-state index contributed by atoms with van der Waals surface area (Å²) in [5.41, 5.74) is -0.733. The summed E-state index contributed by atoms with van der Waals surface area (Å²) >= 11 is 5.85. The first-order chi connectivity index (χ1) is 13.0. The summed E-state index contributed by atoms with van der Waals surface area (Å²) in [5.74, 6) is -0.437. The Morgan fingerprint density at radius 1 is 1.14 bits per heavy atom. The number of carbonyl (C=O) groups is 1. The van der Waals surface area contributed by atoms with Gasteiger partial charge in [-0.1, -0.05) is 24.6 Å². The van der Waals surface area contributed by atoms with Crippen molar-refractivity contribution < 1.29 is 26.4 Å². The van der Waals surface area contributed by atoms with Crippen LogP contribution in [-0.4, -0.2) is 20.9 Å². The van der Waals surface area contributed by atoms with Crippen molar-refractivity contribution in [3.63, 3.8) is 0 Å². The van der Waals surface area contributed by atoms with E-state index in [4.69, 9.17) is 11.6 Å². The third-order valence-electron chi connectivity index (χ3n) is 3.84. The molecule has 0 fully saturated rings. The van der Waals surface area contributed by atoms with Crippen LogP contribution in [0.2, 0.25) is 5.02 Å². The molecule has 152 valence electrons. The first-order valence-corrected chi connectivity index (χ1v) is 10.1. The van der Waals surface area contributed by atoms with Gasteiger partial charge in [0.05, 0.1) is 21.2 Å². The molecule has 0 aliphatic heterocycles. The van der Waals surface area contributed by atoms with Gasteiger partial charge in [0, 0.05) is 12.1 Å². The van der Waals surface area contributed by atoms with E-state index in [0.29, 0.717) is 24.6 Å². The smallest absolute Gasteiger partial charge is 0.352 e. The Kier molecular flexibility index (Phi) is 6.61. The van der Waals surface area contributed by atoms with Crippen LogP contribution in [0.4, 0.5) is 18.9 Å². The van der Waals surface area contributed by atoms with Crippen molar-refractivity contribution >= 4 is 33.2 Å². The summed E-state index contributed by atoms with van der Waals surface area (Å²) in [6.07, 6.45) is -3.95. The number of hydrogen-bond donors (Lipinski definition) is 2. The SMILES string of the molecule is CCCNC(=O)c1cc(S(=O)(=O)Nc2cc(C(F)(F)F)ccc2Cl)ccc1C. The summed E-state index contributed by atoms with van der Waals surface area (Å²) in [7, 11) is -4.27. The number of rotatable bonds is 6. The first-order valence-electron chi connectivity index (χ1n) is 8.24. The predicted molar refractivity (Wildman–Crippen MR) is 101 cm³/mol. The lowest BCUT2D eigenvalue weighted by Gasteiger charge is -2.14. The maximum absolute atomic E-state index is 12.9. The molecule has 0 unspecified atom stereocenters. The fourth-order valence-electron chi connectivity index (χ4n) is 2.33. The van der Waals surface area contributed by atoms with Crippen LogP contribution in [-0.2, 0) is 16.2 Å². The third kappa shape index (κ3) is 5.17. The molecule has 28 heavy (non-hydrogen) atoms. The lowest BCUT2D eigenvalue weighted by Crippen LogP contribution is -2.25. The van der Waals surface area contributed by atoms with E-state index in [-0.39, 0.29) is 15.5 Å². The number of amides is 1. The number of benzene rings is 2. The fraction of sp³-hybridized carbons (Fsp3) is 0.278. The van der Waals surface area contributed by atoms with Crippen LogP contribution in [0.25, 0.3) is 0 Å². The van der Waals surface area contributed by atoms with Gasteiger partial charge in [-0.05, 0) is 49.2 Å². The van der Waals surface area contributed by atoms with Gasteiger partial charge in [0.25, 0.3) is 15.9 Å². The molecule has 2 rings (SSSR count). The van der Waals surface area contributed by atoms with E-state index in [9.17, 15) is 26.4 Å². The molecule has 0 aromatic heterocycles. The Morgan fingerprint density at radius 2 is 1.82 bits per heavy atom. The minimum absolute atomic E-state index is 0.159. The van der Waals surface area contributed by atoms with Crippen LogP contribution in [0, 0.1) is 6.92 Å². The number of hydrogen-bond acceptors (Lipinski definition) is 3. The zero-order valence-corrected chi connectivity index (χ0v) is 16.6. The minimum Gasteiger partial charge on any atom is -0.352 e. The Labute approximate surface area is 166 Å². The highest BCUT2D eigenvalue weighted by atomic mass is 35.5. The number of alkyl halides is 3. The van der Waals surface area contributed by atoms with Gasteiger partial charge in [-0.2, -0.15) is 13.2 Å². The van der Waals surface area contributed by atoms with Crippen molar-refractivity contribution in [3.8, 4) is 0 Å². The van der Waals surface area contributed by atoms with Gasteiger partial charge in [-0.15, -0.1) is 0 Å². The Bertz CT molecular complexity index is 992. The van der Waals surface area contributed by atoms with E-state index in [1.54, 1.807) is 6.92 Å². The highest BCUT2D eigenvalue weighted by molar-refractivity contribution is 7.92. The molecular weight excluding hydrogens is 417 g/mol. The second kappa shape index (κ2) is 8.40. The highest BCUT2D eigenvalue weighted by Crippen LogP contribution is 2.34. The summed E-state index contributed by atoms with van der Waals surface area (Å²) in [5, 5.41) is 2.46. The third-order valence-corrected chi connectivity index (χ3v) is 5.53. The Hall–Kier alpha value is -2.26. The lowest BCUT2D eigenvalue weighted by molar-refractivity contribution is -0.137. The van der Waals surface area contributed by atoms with Crippen LogP contribution in [0.3, 0.4) is 0 Å². The molecule has 0 heterocycles. The van der Waals surface area contributed by atoms with Crippen LogP contribution >= 0.6 is 11.6 Å². The summed E-state index contributed by atoms with van der Waals surface area (Å²) in [4.78, 5) is 11.9. The second-order valence-electron chi connectivity index (χ2n) is 6.03. The monoisotopic (exact) mass is 434 g/mol. The number of nitrogens with one attached hydrogen (secondary N) is 2. The largest absolute Gasteiger partial charge is 0.416 e. The number of halogens is 4. The van der Waals surface area contributed by atoms with Crippen molar-refractivity contribution in [2.75, 3.05) is 11.3 Å². The summed E-state index contributed by atoms with van der Waals surface area (Å²) in [6, 6.07) is 6.20. The average Bonchev–Trinajstić information content (AvgIpc) is 2.60. The number of carbonyl (C=O) groups excluding carboxylic acids is 1. The van der Waals surface area contributed by atoms with E-state index < -0.39 is 33.4 Å². The first kappa shape index (κ1) is 22.0. The Balaban J connectivity index is 2.39. The van der Waals surface area contributed by atoms with Gasteiger partial charge in [0.15, 0.2) is 0 Å². The predicted octanol–water partition coefficient (Wildman–Crippen LogP) is 4.61. The molecule has 2 aromatic carbocycles. The average molecular weight is 435 g/mol. The van der Waals surface area contributed by atoms with E-state index >= 15 is 0 Å². The van der Waals surface area contributed by atoms with Gasteiger partial charge >= 0.3 is 6.18 Å². The number of anilines is 1. The van der Waals surface area contributed by atoms with E-state index in [0.717, 1.165) is 12.1 Å². The van der Waals surface area contributed by atoms with E-state index in [1.165, 1.54) is 18.2 Å². The van der Waals surface area contributed by atoms with Crippen LogP contribution in [0.15, 0.2) is 41.3 Å². The molecule has 0 saturated heterocycles. The van der Waals surface area contributed by atoms with E-state index in [2.05, 4.69) is 10.0 Å². The van der Waals surface area contributed by atoms with Crippen LogP contribution in [0.5, 0.6) is 0 Å². The summed E-state index contributed by atoms with van der Waals surface area (Å²) in [6.45, 7) is 3.94. The van der Waals surface area contributed by atoms with Gasteiger partial charge in [0.1, 0.15) is 0 Å². The van der Waals surface area contributed by atoms with Gasteiger partial charge in [0.2, 0.25) is 0 Å². The Morgan fingerprint density at radius 3 is 2.43 bits per heavy atom. The molecule has 0 saturated carbocycles. The molecule has 5 nitrogen and oxygen atoms in total. The summed E-state index contributed by atoms with van der Waals surface area (Å²) < 4.78 is 66.0. The molecule has 0 spiro atoms. The standard InChI is InChI=1S/C18H18ClF3N2O3S/c1-3-8-23-17(25)14-10-13(6-4-11(14)2)28(26,27)24-16-9-12(18(20,21)22)5-7-15(16)19/h4-7,9-10,24H,3,8H2,1-2H3,(H,23,25). The highest BCUT2D eigenvalue weighted by Gasteiger charge is 2.31. The number of sulfonamides is 1. The van der Waals surface area contributed by atoms with E-state index in [1.807, 2.05) is 6.92 Å². The lowest BCUT2D eigenvalue weighted by atomic mass is 10.1. The number of aryl methyl sites for hydroxylation is 1. The van der Waals surface area contributed by atoms with Gasteiger partial charge in [-0.25, -0.2) is 8.42 Å². The van der Waals surface area contributed by atoms with Crippen molar-refractivity contribution in [3.05, 3.63) is 58.1 Å². The van der Waals surface area contributed by atoms with Crippen LogP contribution in [0.1, 0.15) is 34.8 Å². The fourth-order valence-corrected chi connectivity index (χ4v) is 3.65. The molecule has 10 heteroatoms. The zero-order valence-electron chi connectivity index (χ0n) is 15.0. The normalized spacial score (nSPS) is 11.9. The van der Waals surface area contributed by atoms with Crippen molar-refractivity contribution in [2.45, 2.75) is 31.3 Å². The maximum atomic E-state index is 12.9. The van der Waals surface area contributed by atoms with Gasteiger partial charge in [-0.3, -0.25) is 9.52 Å². The maximum Gasteiger partial charge on any atom is 0.416 e. The van der Waals surface area contributed by atoms with Crippen molar-refractivity contribution in [2.24, 2.45) is 0 Å². The topological polar surface area (TPSA) is 75.3 Å². The molecule has 0 radical (unpaired) electrons. The van der Waals surface area contributed by atoms with Crippen molar-refractivity contribution in [1.29, 1.82) is 0 Å². The minimum atomic E-state index is -4.65. The molecule has 0 aliphatic carbocycles. The van der Waals surface area contributed by atoms with Crippen molar-refractivity contribution in [1.82, 2.24) is 5.32 Å². The molecule has 0 bridgehead atoms. The molecule has 2 aromatic rings. The molecule has 0 aliphatic rings. The van der Waals surface area contributed by atoms with Gasteiger partial charge < -0.3 is 5.32 Å². The van der Waals surface area contributed by atoms with Crippen LogP contribution < -0.4 is 10.0 Å².